The second-order valence-electron chi connectivity index (χ2n) is 9.83. The summed E-state index contributed by atoms with van der Waals surface area (Å²) in [5.74, 6) is 0.425. The van der Waals surface area contributed by atoms with Crippen molar-refractivity contribution in [2.45, 2.75) is 27.1 Å². The van der Waals surface area contributed by atoms with E-state index in [9.17, 15) is 14.9 Å². The number of nitro benzene ring substituents is 1. The van der Waals surface area contributed by atoms with Crippen LogP contribution in [-0.4, -0.2) is 21.6 Å². The van der Waals surface area contributed by atoms with Crippen molar-refractivity contribution in [3.8, 4) is 17.2 Å². The Bertz CT molecular complexity index is 1880. The first kappa shape index (κ1) is 32.0. The number of carbonyl (C=O) groups is 1. The molecule has 1 amide bonds. The number of hydrazone groups is 1. The molecule has 0 unspecified atom stereocenters. The monoisotopic (exact) mass is 754 g/mol. The average Bonchev–Trinajstić information content (AvgIpc) is 3.62. The zero-order valence-corrected chi connectivity index (χ0v) is 27.9. The molecule has 0 spiro atoms. The molecule has 0 aliphatic rings. The first-order valence-electron chi connectivity index (χ1n) is 13.4. The molecule has 0 bridgehead atoms. The fourth-order valence-electron chi connectivity index (χ4n) is 4.46. The highest BCUT2D eigenvalue weighted by atomic mass is 79.9. The van der Waals surface area contributed by atoms with Gasteiger partial charge >= 0.3 is 11.6 Å². The van der Waals surface area contributed by atoms with Crippen LogP contribution in [0.3, 0.4) is 0 Å². The van der Waals surface area contributed by atoms with Crippen molar-refractivity contribution in [2.24, 2.45) is 5.10 Å². The highest BCUT2D eigenvalue weighted by molar-refractivity contribution is 9.11. The maximum absolute atomic E-state index is 12.6. The summed E-state index contributed by atoms with van der Waals surface area (Å²) < 4.78 is 20.9. The lowest BCUT2D eigenvalue weighted by atomic mass is 10.2. The molecule has 0 saturated carbocycles. The van der Waals surface area contributed by atoms with Gasteiger partial charge in [-0.05, 0) is 80.6 Å². The number of rotatable bonds is 11. The molecule has 0 atom stereocenters. The fraction of sp³-hybridized carbons (Fsp3) is 0.125. The summed E-state index contributed by atoms with van der Waals surface area (Å²) in [5, 5.41) is 15.7. The van der Waals surface area contributed by atoms with E-state index in [1.54, 1.807) is 6.07 Å². The number of amides is 1. The molecule has 0 aliphatic heterocycles. The van der Waals surface area contributed by atoms with Crippen LogP contribution in [0.5, 0.6) is 11.5 Å². The maximum atomic E-state index is 12.6. The summed E-state index contributed by atoms with van der Waals surface area (Å²) in [5.41, 5.74) is 6.37. The minimum absolute atomic E-state index is 0.0190. The largest absolute Gasteiger partial charge is 0.486 e. The molecule has 0 fully saturated rings. The number of aryl methyl sites for hydroxylation is 2. The van der Waals surface area contributed by atoms with Gasteiger partial charge in [0, 0.05) is 43.2 Å². The molecule has 1 N–H and O–H groups in total. The lowest BCUT2D eigenvalue weighted by molar-refractivity contribution is -0.385. The molecule has 3 aromatic carbocycles. The third-order valence-electron chi connectivity index (χ3n) is 6.64. The van der Waals surface area contributed by atoms with Gasteiger partial charge in [-0.1, -0.05) is 49.5 Å². The van der Waals surface area contributed by atoms with Crippen LogP contribution in [0.2, 0.25) is 5.02 Å². The summed E-state index contributed by atoms with van der Waals surface area (Å²) in [6.45, 7) is 4.27. The van der Waals surface area contributed by atoms with E-state index in [1.165, 1.54) is 24.4 Å². The number of nitrogens with zero attached hydrogens (tertiary/aromatic N) is 3. The van der Waals surface area contributed by atoms with Gasteiger partial charge in [0.15, 0.2) is 5.76 Å². The molecule has 2 heterocycles. The topological polar surface area (TPSA) is 121 Å². The second-order valence-corrected chi connectivity index (χ2v) is 12.0. The van der Waals surface area contributed by atoms with Crippen molar-refractivity contribution in [3.63, 3.8) is 0 Å². The van der Waals surface area contributed by atoms with Crippen molar-refractivity contribution in [1.82, 2.24) is 9.99 Å². The van der Waals surface area contributed by atoms with E-state index in [-0.39, 0.29) is 41.0 Å². The molecule has 0 radical (unpaired) electrons. The third-order valence-corrected chi connectivity index (χ3v) is 8.15. The van der Waals surface area contributed by atoms with E-state index in [0.717, 1.165) is 31.6 Å². The lowest BCUT2D eigenvalue weighted by Gasteiger charge is -2.11. The first-order valence-corrected chi connectivity index (χ1v) is 15.4. The Balaban J connectivity index is 1.17. The molecular formula is C32H25Br2ClN4O6. The van der Waals surface area contributed by atoms with E-state index in [0.29, 0.717) is 11.5 Å². The van der Waals surface area contributed by atoms with Crippen molar-refractivity contribution in [3.05, 3.63) is 137 Å². The number of benzene rings is 3. The van der Waals surface area contributed by atoms with E-state index in [4.69, 9.17) is 25.5 Å². The Morgan fingerprint density at radius 1 is 1.00 bits per heavy atom. The zero-order valence-electron chi connectivity index (χ0n) is 23.9. The van der Waals surface area contributed by atoms with Crippen LogP contribution in [0.25, 0.3) is 5.69 Å². The van der Waals surface area contributed by atoms with Crippen LogP contribution in [-0.2, 0) is 13.2 Å². The summed E-state index contributed by atoms with van der Waals surface area (Å²) in [4.78, 5) is 23.7. The molecule has 10 nitrogen and oxygen atoms in total. The summed E-state index contributed by atoms with van der Waals surface area (Å²) in [6.07, 6.45) is 1.24. The Labute approximate surface area is 280 Å². The quantitative estimate of drug-likeness (QED) is 0.0818. The molecular weight excluding hydrogens is 732 g/mol. The normalized spacial score (nSPS) is 11.1. The number of nitrogens with one attached hydrogen (secondary N) is 1. The molecule has 0 saturated heterocycles. The van der Waals surface area contributed by atoms with Gasteiger partial charge in [-0.25, -0.2) is 5.43 Å². The van der Waals surface area contributed by atoms with Crippen LogP contribution in [0, 0.1) is 24.0 Å². The fourth-order valence-corrected chi connectivity index (χ4v) is 5.90. The molecule has 5 rings (SSSR count). The number of hydrogen-bond acceptors (Lipinski definition) is 7. The van der Waals surface area contributed by atoms with Crippen molar-refractivity contribution in [2.75, 3.05) is 0 Å². The zero-order chi connectivity index (χ0) is 32.1. The third kappa shape index (κ3) is 7.83. The van der Waals surface area contributed by atoms with Gasteiger partial charge in [-0.15, -0.1) is 0 Å². The molecule has 5 aromatic rings. The lowest BCUT2D eigenvalue weighted by Crippen LogP contribution is -2.16. The first-order chi connectivity index (χ1) is 21.6. The number of halogens is 3. The van der Waals surface area contributed by atoms with Crippen LogP contribution in [0.1, 0.15) is 38.8 Å². The highest BCUT2D eigenvalue weighted by Crippen LogP contribution is 2.37. The number of furan rings is 1. The van der Waals surface area contributed by atoms with Crippen LogP contribution >= 0.6 is 43.5 Å². The van der Waals surface area contributed by atoms with Gasteiger partial charge < -0.3 is 18.5 Å². The van der Waals surface area contributed by atoms with Crippen LogP contribution in [0.4, 0.5) is 5.69 Å². The standard InChI is InChI=1S/C32H25Br2ClN4O6/c1-19-3-4-20(2)38(19)24-7-9-25(10-8-24)43-18-26-11-12-30(45-26)32(40)37-36-16-21-13-28(35)31(29(14-21)39(41)42)44-17-22-5-6-23(33)15-27(22)34/h3-16H,17-18H2,1-2H3,(H,37,40)/b36-16+. The van der Waals surface area contributed by atoms with E-state index >= 15 is 0 Å². The average molecular weight is 757 g/mol. The van der Waals surface area contributed by atoms with Crippen LogP contribution in [0.15, 0.2) is 97.3 Å². The van der Waals surface area contributed by atoms with Crippen molar-refractivity contribution >= 4 is 61.3 Å². The minimum Gasteiger partial charge on any atom is -0.486 e. The number of aromatic nitrogens is 1. The summed E-state index contributed by atoms with van der Waals surface area (Å²) in [7, 11) is 0. The Kier molecular flexibility index (Phi) is 10.1. The SMILES string of the molecule is Cc1ccc(C)n1-c1ccc(OCc2ccc(C(=O)N/N=C/c3cc(Cl)c(OCc4ccc(Br)cc4Br)c([N+](=O)[O-])c3)o2)cc1. The van der Waals surface area contributed by atoms with Gasteiger partial charge in [0.25, 0.3) is 0 Å². The van der Waals surface area contributed by atoms with Crippen molar-refractivity contribution < 1.29 is 23.6 Å². The number of hydrogen-bond donors (Lipinski definition) is 1. The predicted octanol–water partition coefficient (Wildman–Crippen LogP) is 8.70. The smallest absolute Gasteiger partial charge is 0.313 e. The number of ether oxygens (including phenoxy) is 2. The van der Waals surface area contributed by atoms with Gasteiger partial charge in [0.2, 0.25) is 5.75 Å². The van der Waals surface area contributed by atoms with Gasteiger partial charge in [-0.2, -0.15) is 5.10 Å². The Morgan fingerprint density at radius 3 is 2.42 bits per heavy atom. The molecule has 13 heteroatoms. The number of carbonyl (C=O) groups excluding carboxylic acids is 1. The Morgan fingerprint density at radius 2 is 1.73 bits per heavy atom. The summed E-state index contributed by atoms with van der Waals surface area (Å²) in [6, 6.07) is 23.1. The van der Waals surface area contributed by atoms with Gasteiger partial charge in [-0.3, -0.25) is 14.9 Å². The van der Waals surface area contributed by atoms with E-state index in [1.807, 2.05) is 42.5 Å². The molecule has 45 heavy (non-hydrogen) atoms. The predicted molar refractivity (Wildman–Crippen MR) is 178 cm³/mol. The van der Waals surface area contributed by atoms with Crippen LogP contribution < -0.4 is 14.9 Å². The highest BCUT2D eigenvalue weighted by Gasteiger charge is 2.21. The van der Waals surface area contributed by atoms with Gasteiger partial charge in [0.05, 0.1) is 16.2 Å². The molecule has 0 aliphatic carbocycles. The summed E-state index contributed by atoms with van der Waals surface area (Å²) >= 11 is 13.2. The molecule has 230 valence electrons. The molecule has 2 aromatic heterocycles. The van der Waals surface area contributed by atoms with E-state index < -0.39 is 10.8 Å². The van der Waals surface area contributed by atoms with E-state index in [2.05, 4.69) is 72.9 Å². The van der Waals surface area contributed by atoms with Gasteiger partial charge in [0.1, 0.15) is 24.7 Å². The Hall–Kier alpha value is -4.39. The second kappa shape index (κ2) is 14.1. The van der Waals surface area contributed by atoms with Crippen molar-refractivity contribution in [1.29, 1.82) is 0 Å². The minimum atomic E-state index is -0.611. The number of nitro groups is 1. The maximum Gasteiger partial charge on any atom is 0.313 e.